The molecule has 1 aromatic heterocycles. The summed E-state index contributed by atoms with van der Waals surface area (Å²) in [5.41, 5.74) is 7.02. The zero-order valence-corrected chi connectivity index (χ0v) is 12.2. The van der Waals surface area contributed by atoms with Gasteiger partial charge in [0.25, 0.3) is 0 Å². The molecule has 0 aliphatic carbocycles. The fourth-order valence-electron chi connectivity index (χ4n) is 1.92. The molecule has 106 valence electrons. The maximum absolute atomic E-state index is 13.8. The van der Waals surface area contributed by atoms with Crippen molar-refractivity contribution >= 4 is 44.0 Å². The summed E-state index contributed by atoms with van der Waals surface area (Å²) < 4.78 is 27.2. The molecule has 1 heterocycles. The first-order valence-corrected chi connectivity index (χ1v) is 6.75. The fraction of sp³-hybridized carbons (Fsp3) is 0. The van der Waals surface area contributed by atoms with Gasteiger partial charge in [-0.25, -0.2) is 18.7 Å². The average Bonchev–Trinajstić information content (AvgIpc) is 2.44. The number of halogens is 3. The zero-order valence-electron chi connectivity index (χ0n) is 10.6. The molecule has 0 aliphatic rings. The Bertz CT molecular complexity index is 839. The van der Waals surface area contributed by atoms with Gasteiger partial charge in [0.1, 0.15) is 23.8 Å². The number of nitrogens with zero attached hydrogens (tertiary/aromatic N) is 2. The van der Waals surface area contributed by atoms with E-state index in [0.29, 0.717) is 22.4 Å². The predicted octanol–water partition coefficient (Wildman–Crippen LogP) is 4.00. The van der Waals surface area contributed by atoms with Gasteiger partial charge in [-0.05, 0) is 40.2 Å². The first-order chi connectivity index (χ1) is 10.0. The van der Waals surface area contributed by atoms with Crippen molar-refractivity contribution in [3.8, 4) is 0 Å². The lowest BCUT2D eigenvalue weighted by Gasteiger charge is -2.10. The van der Waals surface area contributed by atoms with Gasteiger partial charge in [-0.1, -0.05) is 0 Å². The van der Waals surface area contributed by atoms with E-state index in [4.69, 9.17) is 5.73 Å². The van der Waals surface area contributed by atoms with E-state index in [1.54, 1.807) is 18.2 Å². The van der Waals surface area contributed by atoms with Crippen molar-refractivity contribution in [1.82, 2.24) is 9.97 Å². The van der Waals surface area contributed by atoms with Crippen LogP contribution in [0.4, 0.5) is 26.0 Å². The SMILES string of the molecule is Nc1ccc2c(Nc3cc(Br)c(F)cc3F)ncnc2c1. The van der Waals surface area contributed by atoms with E-state index in [0.717, 1.165) is 6.07 Å². The normalized spacial score (nSPS) is 10.8. The first-order valence-electron chi connectivity index (χ1n) is 5.96. The van der Waals surface area contributed by atoms with E-state index in [9.17, 15) is 8.78 Å². The molecule has 0 aliphatic heterocycles. The lowest BCUT2D eigenvalue weighted by Crippen LogP contribution is -1.99. The van der Waals surface area contributed by atoms with Gasteiger partial charge in [-0.15, -0.1) is 0 Å². The number of nitrogen functional groups attached to an aromatic ring is 1. The molecule has 3 aromatic rings. The van der Waals surface area contributed by atoms with Crippen molar-refractivity contribution < 1.29 is 8.78 Å². The maximum Gasteiger partial charge on any atom is 0.149 e. The first kappa shape index (κ1) is 13.7. The monoisotopic (exact) mass is 350 g/mol. The molecule has 2 aromatic carbocycles. The summed E-state index contributed by atoms with van der Waals surface area (Å²) >= 11 is 3.02. The van der Waals surface area contributed by atoms with Gasteiger partial charge in [-0.2, -0.15) is 0 Å². The van der Waals surface area contributed by atoms with Crippen LogP contribution in [0.2, 0.25) is 0 Å². The number of nitrogens with one attached hydrogen (secondary N) is 1. The van der Waals surface area contributed by atoms with Gasteiger partial charge in [0, 0.05) is 17.1 Å². The minimum absolute atomic E-state index is 0.111. The Morgan fingerprint density at radius 1 is 1.05 bits per heavy atom. The molecule has 0 bridgehead atoms. The van der Waals surface area contributed by atoms with Crippen molar-refractivity contribution in [2.75, 3.05) is 11.1 Å². The van der Waals surface area contributed by atoms with Crippen LogP contribution in [0.3, 0.4) is 0 Å². The second-order valence-electron chi connectivity index (χ2n) is 4.37. The molecule has 0 saturated carbocycles. The lowest BCUT2D eigenvalue weighted by molar-refractivity contribution is 0.581. The minimum Gasteiger partial charge on any atom is -0.399 e. The van der Waals surface area contributed by atoms with Gasteiger partial charge in [0.05, 0.1) is 15.7 Å². The van der Waals surface area contributed by atoms with E-state index >= 15 is 0 Å². The number of anilines is 3. The van der Waals surface area contributed by atoms with Gasteiger partial charge in [0.2, 0.25) is 0 Å². The molecule has 3 rings (SSSR count). The van der Waals surface area contributed by atoms with Gasteiger partial charge in [0.15, 0.2) is 0 Å². The third-order valence-electron chi connectivity index (χ3n) is 2.92. The maximum atomic E-state index is 13.8. The highest BCUT2D eigenvalue weighted by Gasteiger charge is 2.11. The highest BCUT2D eigenvalue weighted by Crippen LogP contribution is 2.28. The number of hydrogen-bond donors (Lipinski definition) is 2. The summed E-state index contributed by atoms with van der Waals surface area (Å²) in [5, 5.41) is 3.53. The summed E-state index contributed by atoms with van der Waals surface area (Å²) in [6.45, 7) is 0. The molecular formula is C14H9BrF2N4. The summed E-state index contributed by atoms with van der Waals surface area (Å²) in [6.07, 6.45) is 1.35. The quantitative estimate of drug-likeness (QED) is 0.541. The second kappa shape index (κ2) is 5.25. The zero-order chi connectivity index (χ0) is 15.0. The number of rotatable bonds is 2. The summed E-state index contributed by atoms with van der Waals surface area (Å²) in [5.74, 6) is -0.964. The number of fused-ring (bicyclic) bond motifs is 1. The average molecular weight is 351 g/mol. The van der Waals surface area contributed by atoms with Crippen LogP contribution < -0.4 is 11.1 Å². The Hall–Kier alpha value is -2.28. The fourth-order valence-corrected chi connectivity index (χ4v) is 2.26. The minimum atomic E-state index is -0.710. The van der Waals surface area contributed by atoms with Crippen LogP contribution in [-0.4, -0.2) is 9.97 Å². The van der Waals surface area contributed by atoms with Crippen molar-refractivity contribution in [1.29, 1.82) is 0 Å². The lowest BCUT2D eigenvalue weighted by atomic mass is 10.2. The van der Waals surface area contributed by atoms with Crippen molar-refractivity contribution in [2.24, 2.45) is 0 Å². The summed E-state index contributed by atoms with van der Waals surface area (Å²) in [4.78, 5) is 8.19. The second-order valence-corrected chi connectivity index (χ2v) is 5.22. The third-order valence-corrected chi connectivity index (χ3v) is 3.53. The van der Waals surface area contributed by atoms with E-state index in [1.165, 1.54) is 12.4 Å². The number of benzene rings is 2. The van der Waals surface area contributed by atoms with E-state index in [1.807, 2.05) is 0 Å². The van der Waals surface area contributed by atoms with Crippen molar-refractivity contribution in [3.63, 3.8) is 0 Å². The van der Waals surface area contributed by atoms with Gasteiger partial charge < -0.3 is 11.1 Å². The van der Waals surface area contributed by atoms with Crippen molar-refractivity contribution in [3.05, 3.63) is 52.8 Å². The van der Waals surface area contributed by atoms with Gasteiger partial charge in [-0.3, -0.25) is 0 Å². The van der Waals surface area contributed by atoms with Crippen LogP contribution in [0, 0.1) is 11.6 Å². The smallest absolute Gasteiger partial charge is 0.149 e. The molecule has 3 N–H and O–H groups in total. The molecule has 0 spiro atoms. The number of nitrogens with two attached hydrogens (primary N) is 1. The largest absolute Gasteiger partial charge is 0.399 e. The Morgan fingerprint density at radius 3 is 2.67 bits per heavy atom. The molecule has 4 nitrogen and oxygen atoms in total. The van der Waals surface area contributed by atoms with Crippen LogP contribution in [-0.2, 0) is 0 Å². The van der Waals surface area contributed by atoms with Crippen LogP contribution >= 0.6 is 15.9 Å². The Balaban J connectivity index is 2.08. The van der Waals surface area contributed by atoms with Crippen LogP contribution in [0.25, 0.3) is 10.9 Å². The molecule has 7 heteroatoms. The Morgan fingerprint density at radius 2 is 1.86 bits per heavy atom. The molecule has 0 unspecified atom stereocenters. The van der Waals surface area contributed by atoms with Crippen LogP contribution in [0.15, 0.2) is 41.1 Å². The molecular weight excluding hydrogens is 342 g/mol. The highest BCUT2D eigenvalue weighted by atomic mass is 79.9. The number of aromatic nitrogens is 2. The van der Waals surface area contributed by atoms with E-state index in [-0.39, 0.29) is 10.2 Å². The number of hydrogen-bond acceptors (Lipinski definition) is 4. The van der Waals surface area contributed by atoms with E-state index in [2.05, 4.69) is 31.2 Å². The molecule has 21 heavy (non-hydrogen) atoms. The molecule has 0 amide bonds. The topological polar surface area (TPSA) is 63.8 Å². The molecule has 0 saturated heterocycles. The standard InChI is InChI=1S/C14H9BrF2N4/c15-9-4-13(11(17)5-10(9)16)21-14-8-2-1-7(18)3-12(8)19-6-20-14/h1-6H,18H2,(H,19,20,21). The Labute approximate surface area is 127 Å². The molecule has 0 atom stereocenters. The van der Waals surface area contributed by atoms with Gasteiger partial charge >= 0.3 is 0 Å². The van der Waals surface area contributed by atoms with Crippen LogP contribution in [0.1, 0.15) is 0 Å². The molecule has 0 radical (unpaired) electrons. The summed E-state index contributed by atoms with van der Waals surface area (Å²) in [7, 11) is 0. The summed E-state index contributed by atoms with van der Waals surface area (Å²) in [6, 6.07) is 7.25. The van der Waals surface area contributed by atoms with Crippen molar-refractivity contribution in [2.45, 2.75) is 0 Å². The molecule has 0 fully saturated rings. The predicted molar refractivity (Wildman–Crippen MR) is 81.3 cm³/mol. The van der Waals surface area contributed by atoms with E-state index < -0.39 is 11.6 Å². The Kier molecular flexibility index (Phi) is 3.42. The van der Waals surface area contributed by atoms with Crippen LogP contribution in [0.5, 0.6) is 0 Å². The third kappa shape index (κ3) is 2.64. The highest BCUT2D eigenvalue weighted by molar-refractivity contribution is 9.10.